The molecule has 1 unspecified atom stereocenters. The van der Waals surface area contributed by atoms with Crippen molar-refractivity contribution in [2.24, 2.45) is 0 Å². The lowest BCUT2D eigenvalue weighted by atomic mass is 9.98. The standard InChI is InChI=1S/C26H16Cl4N4O3/c27-15-5-1-13(2-6-15)22-24(36)21(33-34(22)20-10-9-17(29)11-19(20)30)26(37)32-25-18(12-31-25)23(35)14-3-7-16(28)8-4-14/h1-12,25,31,36H,(H,32,37). The van der Waals surface area contributed by atoms with E-state index in [-0.39, 0.29) is 27.9 Å². The van der Waals surface area contributed by atoms with Gasteiger partial charge in [0.25, 0.3) is 5.91 Å². The van der Waals surface area contributed by atoms with E-state index in [2.05, 4.69) is 15.7 Å². The molecule has 0 bridgehead atoms. The summed E-state index contributed by atoms with van der Waals surface area (Å²) in [7, 11) is 0. The number of rotatable bonds is 6. The SMILES string of the molecule is O=C(C1=CNC1NC(=O)c1nn(-c2ccc(Cl)cc2Cl)c(-c2ccc(Cl)cc2)c1O)c1ccc(Cl)cc1. The van der Waals surface area contributed by atoms with Crippen LogP contribution < -0.4 is 10.6 Å². The molecule has 1 aliphatic rings. The van der Waals surface area contributed by atoms with Gasteiger partial charge in [-0.25, -0.2) is 4.68 Å². The van der Waals surface area contributed by atoms with Crippen molar-refractivity contribution in [2.45, 2.75) is 6.17 Å². The maximum atomic E-state index is 13.2. The molecule has 0 fully saturated rings. The second kappa shape index (κ2) is 10.1. The van der Waals surface area contributed by atoms with Crippen LogP contribution in [0.5, 0.6) is 5.75 Å². The summed E-state index contributed by atoms with van der Waals surface area (Å²) in [4.78, 5) is 26.1. The lowest BCUT2D eigenvalue weighted by Gasteiger charge is -2.28. The molecule has 1 amide bonds. The molecule has 1 aliphatic heterocycles. The van der Waals surface area contributed by atoms with E-state index in [9.17, 15) is 14.7 Å². The third-order valence-electron chi connectivity index (χ3n) is 5.69. The highest BCUT2D eigenvalue weighted by molar-refractivity contribution is 6.35. The molecule has 3 N–H and O–H groups in total. The first-order valence-electron chi connectivity index (χ1n) is 10.8. The van der Waals surface area contributed by atoms with Crippen LogP contribution in [-0.2, 0) is 0 Å². The molecule has 0 aliphatic carbocycles. The van der Waals surface area contributed by atoms with Gasteiger partial charge in [0.2, 0.25) is 0 Å². The minimum absolute atomic E-state index is 0.223. The zero-order valence-electron chi connectivity index (χ0n) is 18.7. The van der Waals surface area contributed by atoms with E-state index < -0.39 is 12.1 Å². The van der Waals surface area contributed by atoms with E-state index in [1.165, 1.54) is 16.9 Å². The van der Waals surface area contributed by atoms with Crippen LogP contribution in [-0.4, -0.2) is 32.7 Å². The molecule has 4 aromatic rings. The fourth-order valence-electron chi connectivity index (χ4n) is 3.79. The second-order valence-corrected chi connectivity index (χ2v) is 9.79. The summed E-state index contributed by atoms with van der Waals surface area (Å²) in [5.74, 6) is -1.35. The van der Waals surface area contributed by atoms with E-state index in [1.807, 2.05) is 0 Å². The van der Waals surface area contributed by atoms with Gasteiger partial charge in [-0.2, -0.15) is 5.10 Å². The molecule has 0 saturated carbocycles. The van der Waals surface area contributed by atoms with Gasteiger partial charge in [0.1, 0.15) is 11.9 Å². The van der Waals surface area contributed by atoms with Crippen molar-refractivity contribution < 1.29 is 14.7 Å². The summed E-state index contributed by atoms with van der Waals surface area (Å²) in [6.45, 7) is 0. The van der Waals surface area contributed by atoms with Gasteiger partial charge in [-0.1, -0.05) is 58.5 Å². The zero-order chi connectivity index (χ0) is 26.3. The van der Waals surface area contributed by atoms with E-state index >= 15 is 0 Å². The van der Waals surface area contributed by atoms with Crippen LogP contribution in [0.25, 0.3) is 16.9 Å². The number of aromatic nitrogens is 2. The second-order valence-electron chi connectivity index (χ2n) is 8.07. The molecule has 7 nitrogen and oxygen atoms in total. The average Bonchev–Trinajstić information content (AvgIpc) is 3.19. The lowest BCUT2D eigenvalue weighted by molar-refractivity contribution is 0.0918. The first-order chi connectivity index (χ1) is 17.7. The number of nitrogens with one attached hydrogen (secondary N) is 2. The first kappa shape index (κ1) is 25.2. The number of halogens is 4. The number of benzene rings is 3. The van der Waals surface area contributed by atoms with Crippen LogP contribution in [0.15, 0.2) is 78.5 Å². The van der Waals surface area contributed by atoms with Crippen LogP contribution in [0.1, 0.15) is 20.8 Å². The predicted molar refractivity (Wildman–Crippen MR) is 144 cm³/mol. The van der Waals surface area contributed by atoms with Crippen LogP contribution >= 0.6 is 46.4 Å². The van der Waals surface area contributed by atoms with Gasteiger partial charge in [-0.15, -0.1) is 0 Å². The number of carbonyl (C=O) groups is 2. The third-order valence-corrected chi connectivity index (χ3v) is 6.73. The largest absolute Gasteiger partial charge is 0.504 e. The summed E-state index contributed by atoms with van der Waals surface area (Å²) in [5, 5.41) is 22.7. The maximum absolute atomic E-state index is 13.2. The molecule has 186 valence electrons. The van der Waals surface area contributed by atoms with Gasteiger partial charge >= 0.3 is 0 Å². The van der Waals surface area contributed by atoms with Crippen molar-refractivity contribution in [3.8, 4) is 22.7 Å². The number of hydrogen-bond acceptors (Lipinski definition) is 5. The van der Waals surface area contributed by atoms with E-state index in [4.69, 9.17) is 46.4 Å². The van der Waals surface area contributed by atoms with Crippen molar-refractivity contribution in [1.82, 2.24) is 20.4 Å². The number of Topliss-reactive ketones (excluding diaryl/α,β-unsaturated/α-hetero) is 1. The van der Waals surface area contributed by atoms with Gasteiger partial charge in [0, 0.05) is 32.4 Å². The van der Waals surface area contributed by atoms with Gasteiger partial charge in [0.15, 0.2) is 17.2 Å². The number of hydrogen-bond donors (Lipinski definition) is 3. The Kier molecular flexibility index (Phi) is 6.88. The Balaban J connectivity index is 1.48. The summed E-state index contributed by atoms with van der Waals surface area (Å²) in [6.07, 6.45) is 0.728. The Morgan fingerprint density at radius 3 is 2.11 bits per heavy atom. The fourth-order valence-corrected chi connectivity index (χ4v) is 4.53. The molecule has 5 rings (SSSR count). The van der Waals surface area contributed by atoms with Crippen LogP contribution in [0.4, 0.5) is 0 Å². The van der Waals surface area contributed by atoms with Crippen LogP contribution in [0, 0.1) is 0 Å². The molecule has 1 atom stereocenters. The smallest absolute Gasteiger partial charge is 0.277 e. The van der Waals surface area contributed by atoms with Crippen molar-refractivity contribution in [3.63, 3.8) is 0 Å². The normalized spacial score (nSPS) is 14.4. The van der Waals surface area contributed by atoms with E-state index in [1.54, 1.807) is 60.7 Å². The number of ketones is 1. The minimum atomic E-state index is -0.779. The monoisotopic (exact) mass is 572 g/mol. The summed E-state index contributed by atoms with van der Waals surface area (Å²) >= 11 is 24.4. The molecule has 37 heavy (non-hydrogen) atoms. The molecular formula is C26H16Cl4N4O3. The number of aromatic hydroxyl groups is 1. The minimum Gasteiger partial charge on any atom is -0.504 e. The predicted octanol–water partition coefficient (Wildman–Crippen LogP) is 6.28. The highest BCUT2D eigenvalue weighted by Gasteiger charge is 2.32. The Labute approximate surface area is 231 Å². The van der Waals surface area contributed by atoms with Crippen LogP contribution in [0.3, 0.4) is 0 Å². The van der Waals surface area contributed by atoms with Gasteiger partial charge in [-0.3, -0.25) is 9.59 Å². The van der Waals surface area contributed by atoms with Gasteiger partial charge in [0.05, 0.1) is 16.3 Å². The molecule has 0 radical (unpaired) electrons. The molecule has 0 spiro atoms. The van der Waals surface area contributed by atoms with E-state index in [0.29, 0.717) is 37.5 Å². The van der Waals surface area contributed by atoms with E-state index in [0.717, 1.165) is 0 Å². The molecular weight excluding hydrogens is 558 g/mol. The first-order valence-corrected chi connectivity index (χ1v) is 12.3. The van der Waals surface area contributed by atoms with Crippen LogP contribution in [0.2, 0.25) is 20.1 Å². The summed E-state index contributed by atoms with van der Waals surface area (Å²) in [6, 6.07) is 17.8. The quantitative estimate of drug-likeness (QED) is 0.236. The van der Waals surface area contributed by atoms with Crippen molar-refractivity contribution in [1.29, 1.82) is 0 Å². The maximum Gasteiger partial charge on any atom is 0.277 e. The summed E-state index contributed by atoms with van der Waals surface area (Å²) in [5.41, 5.74) is 1.66. The number of amides is 1. The highest BCUT2D eigenvalue weighted by atomic mass is 35.5. The fraction of sp³-hybridized carbons (Fsp3) is 0.0385. The zero-order valence-corrected chi connectivity index (χ0v) is 21.7. The summed E-state index contributed by atoms with van der Waals surface area (Å²) < 4.78 is 1.36. The Morgan fingerprint density at radius 1 is 0.892 bits per heavy atom. The van der Waals surface area contributed by atoms with Crippen molar-refractivity contribution in [3.05, 3.63) is 110 Å². The van der Waals surface area contributed by atoms with Gasteiger partial charge < -0.3 is 15.7 Å². The molecule has 2 heterocycles. The van der Waals surface area contributed by atoms with Crippen molar-refractivity contribution >= 4 is 58.1 Å². The topological polar surface area (TPSA) is 96.3 Å². The van der Waals surface area contributed by atoms with Gasteiger partial charge in [-0.05, 0) is 54.6 Å². The third kappa shape index (κ3) is 4.91. The number of nitrogens with zero attached hydrogens (tertiary/aromatic N) is 2. The number of carbonyl (C=O) groups excluding carboxylic acids is 2. The molecule has 0 saturated heterocycles. The molecule has 3 aromatic carbocycles. The molecule has 11 heteroatoms. The Bertz CT molecular complexity index is 1560. The molecule has 1 aromatic heterocycles. The van der Waals surface area contributed by atoms with Crippen molar-refractivity contribution in [2.75, 3.05) is 0 Å². The lowest BCUT2D eigenvalue weighted by Crippen LogP contribution is -2.52. The highest BCUT2D eigenvalue weighted by Crippen LogP contribution is 2.37. The Hall–Kier alpha value is -3.49. The Morgan fingerprint density at radius 2 is 1.51 bits per heavy atom. The average molecular weight is 574 g/mol.